The third kappa shape index (κ3) is 2.87. The molecule has 1 aromatic heterocycles. The van der Waals surface area contributed by atoms with Gasteiger partial charge in [-0.2, -0.15) is 5.10 Å². The van der Waals surface area contributed by atoms with Crippen LogP contribution in [0.4, 0.5) is 10.6 Å². The highest BCUT2D eigenvalue weighted by atomic mass is 16.2. The van der Waals surface area contributed by atoms with Crippen LogP contribution in [-0.2, 0) is 4.79 Å². The highest BCUT2D eigenvalue weighted by Crippen LogP contribution is 2.32. The van der Waals surface area contributed by atoms with E-state index >= 15 is 0 Å². The summed E-state index contributed by atoms with van der Waals surface area (Å²) in [6, 6.07) is 3.63. The molecule has 3 amide bonds. The van der Waals surface area contributed by atoms with Crippen molar-refractivity contribution in [2.75, 3.05) is 18.0 Å². The lowest BCUT2D eigenvalue weighted by atomic mass is 9.79. The van der Waals surface area contributed by atoms with Crippen molar-refractivity contribution >= 4 is 17.8 Å². The van der Waals surface area contributed by atoms with E-state index in [-0.39, 0.29) is 11.8 Å². The minimum Gasteiger partial charge on any atom is -0.355 e. The zero-order valence-corrected chi connectivity index (χ0v) is 13.8. The first kappa shape index (κ1) is 15.7. The summed E-state index contributed by atoms with van der Waals surface area (Å²) in [4.78, 5) is 25.6. The van der Waals surface area contributed by atoms with E-state index in [0.29, 0.717) is 5.92 Å². The first-order chi connectivity index (χ1) is 10.9. The van der Waals surface area contributed by atoms with Crippen LogP contribution in [0.3, 0.4) is 0 Å². The highest BCUT2D eigenvalue weighted by molar-refractivity contribution is 6.06. The van der Waals surface area contributed by atoms with Crippen molar-refractivity contribution in [1.29, 1.82) is 0 Å². The molecule has 1 atom stereocenters. The second-order valence-electron chi connectivity index (χ2n) is 6.84. The zero-order valence-electron chi connectivity index (χ0n) is 13.8. The first-order valence-corrected chi connectivity index (χ1v) is 8.12. The molecule has 2 fully saturated rings. The van der Waals surface area contributed by atoms with Crippen molar-refractivity contribution in [2.24, 2.45) is 5.92 Å². The number of hydrogen-bond acceptors (Lipinski definition) is 5. The minimum absolute atomic E-state index is 0.132. The van der Waals surface area contributed by atoms with E-state index in [1.54, 1.807) is 0 Å². The molecule has 0 bridgehead atoms. The first-order valence-electron chi connectivity index (χ1n) is 8.12. The molecule has 2 N–H and O–H groups in total. The van der Waals surface area contributed by atoms with Crippen molar-refractivity contribution in [3.63, 3.8) is 0 Å². The fraction of sp³-hybridized carbons (Fsp3) is 0.625. The van der Waals surface area contributed by atoms with Gasteiger partial charge >= 0.3 is 6.03 Å². The summed E-state index contributed by atoms with van der Waals surface area (Å²) >= 11 is 0. The van der Waals surface area contributed by atoms with Crippen molar-refractivity contribution < 1.29 is 9.59 Å². The van der Waals surface area contributed by atoms with E-state index in [4.69, 9.17) is 0 Å². The number of hydrogen-bond donors (Lipinski definition) is 2. The molecule has 0 unspecified atom stereocenters. The molecule has 0 aromatic carbocycles. The minimum atomic E-state index is -0.795. The number of rotatable bonds is 3. The molecule has 0 saturated carbocycles. The Hall–Kier alpha value is -2.18. The monoisotopic (exact) mass is 317 g/mol. The predicted octanol–water partition coefficient (Wildman–Crippen LogP) is 1.41. The van der Waals surface area contributed by atoms with Gasteiger partial charge in [-0.05, 0) is 43.7 Å². The van der Waals surface area contributed by atoms with Gasteiger partial charge in [-0.3, -0.25) is 10.1 Å². The second kappa shape index (κ2) is 5.79. The summed E-state index contributed by atoms with van der Waals surface area (Å²) in [5, 5.41) is 13.7. The van der Waals surface area contributed by atoms with Gasteiger partial charge in [0.1, 0.15) is 5.54 Å². The van der Waals surface area contributed by atoms with E-state index in [1.165, 1.54) is 0 Å². The van der Waals surface area contributed by atoms with Crippen molar-refractivity contribution in [1.82, 2.24) is 20.8 Å². The Morgan fingerprint density at radius 2 is 1.91 bits per heavy atom. The Morgan fingerprint density at radius 1 is 1.22 bits per heavy atom. The average molecular weight is 317 g/mol. The topological polar surface area (TPSA) is 87.2 Å². The Labute approximate surface area is 135 Å². The maximum Gasteiger partial charge on any atom is 0.322 e. The number of amides is 3. The molecule has 3 heterocycles. The van der Waals surface area contributed by atoms with Gasteiger partial charge in [-0.1, -0.05) is 13.8 Å². The van der Waals surface area contributed by atoms with Gasteiger partial charge in [0.25, 0.3) is 5.91 Å². The molecule has 3 rings (SSSR count). The predicted molar refractivity (Wildman–Crippen MR) is 86.1 cm³/mol. The number of carbonyl (C=O) groups is 2. The van der Waals surface area contributed by atoms with Crippen LogP contribution in [-0.4, -0.2) is 40.8 Å². The average Bonchev–Trinajstić information content (AvgIpc) is 2.81. The molecule has 7 heteroatoms. The molecule has 2 saturated heterocycles. The Balaban J connectivity index is 1.64. The van der Waals surface area contributed by atoms with Crippen LogP contribution in [0.25, 0.3) is 0 Å². The number of carbonyl (C=O) groups excluding carboxylic acids is 2. The summed E-state index contributed by atoms with van der Waals surface area (Å²) in [5.41, 5.74) is 0.192. The summed E-state index contributed by atoms with van der Waals surface area (Å²) in [7, 11) is 0. The van der Waals surface area contributed by atoms with Gasteiger partial charge in [0.2, 0.25) is 0 Å². The van der Waals surface area contributed by atoms with Gasteiger partial charge in [0.15, 0.2) is 5.82 Å². The second-order valence-corrected chi connectivity index (χ2v) is 6.84. The molecule has 7 nitrogen and oxygen atoms in total. The van der Waals surface area contributed by atoms with Crippen LogP contribution in [0.1, 0.15) is 45.2 Å². The lowest BCUT2D eigenvalue weighted by Crippen LogP contribution is -2.53. The van der Waals surface area contributed by atoms with E-state index in [1.807, 2.05) is 19.1 Å². The molecule has 23 heavy (non-hydrogen) atoms. The Morgan fingerprint density at radius 3 is 2.39 bits per heavy atom. The van der Waals surface area contributed by atoms with Gasteiger partial charge in [-0.15, -0.1) is 5.10 Å². The standard InChI is InChI=1S/C16H23N5O2/c1-10(2)12-4-5-13(20-19-12)21-8-6-11(7-9-21)16(3)14(22)17-15(23)18-16/h4-5,10-11H,6-9H2,1-3H3,(H2,17,18,22,23)/t16-/m0/s1. The maximum absolute atomic E-state index is 12.0. The number of aromatic nitrogens is 2. The van der Waals surface area contributed by atoms with Crippen LogP contribution < -0.4 is 15.5 Å². The number of nitrogens with one attached hydrogen (secondary N) is 2. The molecular weight excluding hydrogens is 294 g/mol. The third-order valence-corrected chi connectivity index (χ3v) is 4.97. The maximum atomic E-state index is 12.0. The number of urea groups is 1. The number of imide groups is 1. The molecule has 0 aliphatic carbocycles. The van der Waals surface area contributed by atoms with Gasteiger partial charge in [-0.25, -0.2) is 4.79 Å². The summed E-state index contributed by atoms with van der Waals surface area (Å²) < 4.78 is 0. The van der Waals surface area contributed by atoms with Crippen LogP contribution in [0.2, 0.25) is 0 Å². The summed E-state index contributed by atoms with van der Waals surface area (Å²) in [5.74, 6) is 1.15. The summed E-state index contributed by atoms with van der Waals surface area (Å²) in [6.07, 6.45) is 1.66. The molecule has 124 valence electrons. The van der Waals surface area contributed by atoms with Crippen LogP contribution in [0.15, 0.2) is 12.1 Å². The fourth-order valence-corrected chi connectivity index (χ4v) is 3.34. The van der Waals surface area contributed by atoms with Gasteiger partial charge < -0.3 is 10.2 Å². The molecular formula is C16H23N5O2. The quantitative estimate of drug-likeness (QED) is 0.823. The SMILES string of the molecule is CC(C)c1ccc(N2CCC([C@]3(C)NC(=O)NC3=O)CC2)nn1. The largest absolute Gasteiger partial charge is 0.355 e. The van der Waals surface area contributed by atoms with E-state index in [0.717, 1.165) is 37.4 Å². The molecule has 0 spiro atoms. The highest BCUT2D eigenvalue weighted by Gasteiger charge is 2.48. The van der Waals surface area contributed by atoms with E-state index in [2.05, 4.69) is 39.6 Å². The Kier molecular flexibility index (Phi) is 3.95. The Bertz CT molecular complexity index is 607. The number of piperidine rings is 1. The molecule has 2 aliphatic heterocycles. The van der Waals surface area contributed by atoms with Gasteiger partial charge in [0, 0.05) is 13.1 Å². The fourth-order valence-electron chi connectivity index (χ4n) is 3.34. The zero-order chi connectivity index (χ0) is 16.6. The van der Waals surface area contributed by atoms with E-state index in [9.17, 15) is 9.59 Å². The van der Waals surface area contributed by atoms with Crippen LogP contribution >= 0.6 is 0 Å². The van der Waals surface area contributed by atoms with Crippen molar-refractivity contribution in [2.45, 2.75) is 45.1 Å². The normalized spacial score (nSPS) is 25.7. The van der Waals surface area contributed by atoms with E-state index < -0.39 is 11.6 Å². The molecule has 0 radical (unpaired) electrons. The van der Waals surface area contributed by atoms with Crippen molar-refractivity contribution in [3.8, 4) is 0 Å². The lowest BCUT2D eigenvalue weighted by molar-refractivity contribution is -0.125. The smallest absolute Gasteiger partial charge is 0.322 e. The summed E-state index contributed by atoms with van der Waals surface area (Å²) in [6.45, 7) is 7.61. The third-order valence-electron chi connectivity index (χ3n) is 4.97. The van der Waals surface area contributed by atoms with Crippen LogP contribution in [0, 0.1) is 5.92 Å². The van der Waals surface area contributed by atoms with Crippen LogP contribution in [0.5, 0.6) is 0 Å². The lowest BCUT2D eigenvalue weighted by Gasteiger charge is -2.38. The molecule has 1 aromatic rings. The number of nitrogens with zero attached hydrogens (tertiary/aromatic N) is 3. The number of anilines is 1. The molecule has 2 aliphatic rings. The van der Waals surface area contributed by atoms with Crippen molar-refractivity contribution in [3.05, 3.63) is 17.8 Å². The van der Waals surface area contributed by atoms with Gasteiger partial charge in [0.05, 0.1) is 5.69 Å².